The summed E-state index contributed by atoms with van der Waals surface area (Å²) < 4.78 is 10.8. The summed E-state index contributed by atoms with van der Waals surface area (Å²) in [5.41, 5.74) is 1.03. The Morgan fingerprint density at radius 2 is 1.96 bits per heavy atom. The van der Waals surface area contributed by atoms with Gasteiger partial charge in [0.05, 0.1) is 12.7 Å². The fraction of sp³-hybridized carbons (Fsp3) is 0.571. The van der Waals surface area contributed by atoms with Gasteiger partial charge in [-0.05, 0) is 37.8 Å². The fourth-order valence-corrected chi connectivity index (χ4v) is 3.93. The number of aliphatic hydroxyl groups is 1. The number of methoxy groups -OCH3 is 1. The Morgan fingerprint density at radius 3 is 2.62 bits per heavy atom. The molecule has 0 aliphatic carbocycles. The van der Waals surface area contributed by atoms with E-state index in [-0.39, 0.29) is 0 Å². The van der Waals surface area contributed by atoms with E-state index in [1.165, 1.54) is 12.8 Å². The second-order valence-electron chi connectivity index (χ2n) is 7.32. The van der Waals surface area contributed by atoms with E-state index in [2.05, 4.69) is 23.9 Å². The van der Waals surface area contributed by atoms with Crippen molar-refractivity contribution in [1.29, 1.82) is 0 Å². The molecule has 142 valence electrons. The van der Waals surface area contributed by atoms with Crippen LogP contribution in [0.1, 0.15) is 45.3 Å². The van der Waals surface area contributed by atoms with Crippen molar-refractivity contribution in [1.82, 2.24) is 10.1 Å². The van der Waals surface area contributed by atoms with E-state index in [4.69, 9.17) is 9.26 Å². The predicted octanol–water partition coefficient (Wildman–Crippen LogP) is 3.91. The summed E-state index contributed by atoms with van der Waals surface area (Å²) in [7, 11) is 1.65. The maximum Gasteiger partial charge on any atom is 0.140 e. The number of rotatable bonds is 7. The van der Waals surface area contributed by atoms with Crippen LogP contribution in [-0.2, 0) is 6.42 Å². The van der Waals surface area contributed by atoms with Gasteiger partial charge in [0.2, 0.25) is 0 Å². The number of hydrogen-bond acceptors (Lipinski definition) is 5. The first-order valence-corrected chi connectivity index (χ1v) is 9.63. The molecule has 0 spiro atoms. The van der Waals surface area contributed by atoms with Crippen LogP contribution in [0.25, 0.3) is 11.3 Å². The molecule has 2 heterocycles. The Balaban J connectivity index is 1.64. The first-order chi connectivity index (χ1) is 12.6. The first kappa shape index (κ1) is 18.9. The van der Waals surface area contributed by atoms with Crippen molar-refractivity contribution in [3.63, 3.8) is 0 Å². The third-order valence-corrected chi connectivity index (χ3v) is 5.62. The van der Waals surface area contributed by atoms with Gasteiger partial charge in [-0.3, -0.25) is 0 Å². The Bertz CT molecular complexity index is 701. The average Bonchev–Trinajstić information content (AvgIpc) is 3.12. The molecule has 1 aromatic heterocycles. The average molecular weight is 358 g/mol. The van der Waals surface area contributed by atoms with Crippen molar-refractivity contribution in [2.75, 3.05) is 20.2 Å². The number of hydrogen-bond donors (Lipinski definition) is 1. The molecule has 5 heteroatoms. The third-order valence-electron chi connectivity index (χ3n) is 5.62. The molecule has 0 amide bonds. The lowest BCUT2D eigenvalue weighted by molar-refractivity contribution is -0.0349. The smallest absolute Gasteiger partial charge is 0.140 e. The van der Waals surface area contributed by atoms with E-state index >= 15 is 0 Å². The summed E-state index contributed by atoms with van der Waals surface area (Å²) in [6.45, 7) is 6.37. The number of nitrogens with zero attached hydrogens (tertiary/aromatic N) is 2. The van der Waals surface area contributed by atoms with Crippen LogP contribution in [0.15, 0.2) is 34.9 Å². The lowest BCUT2D eigenvalue weighted by atomic mass is 9.86. The minimum Gasteiger partial charge on any atom is -0.497 e. The summed E-state index contributed by atoms with van der Waals surface area (Å²) in [5, 5.41) is 15.2. The van der Waals surface area contributed by atoms with Crippen molar-refractivity contribution in [3.8, 4) is 17.0 Å². The number of aromatic nitrogens is 1. The monoisotopic (exact) mass is 358 g/mol. The molecule has 2 aromatic rings. The first-order valence-electron chi connectivity index (χ1n) is 9.63. The molecule has 0 unspecified atom stereocenters. The molecule has 1 fully saturated rings. The third kappa shape index (κ3) is 4.27. The van der Waals surface area contributed by atoms with Gasteiger partial charge >= 0.3 is 0 Å². The highest BCUT2D eigenvalue weighted by Crippen LogP contribution is 2.30. The van der Waals surface area contributed by atoms with E-state index in [0.717, 1.165) is 48.7 Å². The summed E-state index contributed by atoms with van der Waals surface area (Å²) in [4.78, 5) is 2.51. The lowest BCUT2D eigenvalue weighted by Crippen LogP contribution is -2.48. The number of piperidine rings is 1. The number of benzene rings is 1. The standard InChI is InChI=1S/C21H30N2O3/c1-4-17(5-2)23-11-9-21(24,10-12-23)15-19-14-20(22-26-19)16-7-6-8-18(13-16)25-3/h6-8,13-14,17,24H,4-5,9-12,15H2,1-3H3. The topological polar surface area (TPSA) is 58.7 Å². The quantitative estimate of drug-likeness (QED) is 0.813. The molecule has 26 heavy (non-hydrogen) atoms. The van der Waals surface area contributed by atoms with Gasteiger partial charge in [-0.1, -0.05) is 31.1 Å². The number of ether oxygens (including phenoxy) is 1. The molecular weight excluding hydrogens is 328 g/mol. The summed E-state index contributed by atoms with van der Waals surface area (Å²) >= 11 is 0. The normalized spacial score (nSPS) is 17.6. The SMILES string of the molecule is CCC(CC)N1CCC(O)(Cc2cc(-c3cccc(OC)c3)no2)CC1. The second kappa shape index (κ2) is 8.23. The molecule has 0 saturated carbocycles. The van der Waals surface area contributed by atoms with Gasteiger partial charge in [0.1, 0.15) is 17.2 Å². The van der Waals surface area contributed by atoms with Gasteiger partial charge in [0.25, 0.3) is 0 Å². The molecule has 0 radical (unpaired) electrons. The van der Waals surface area contributed by atoms with Crippen LogP contribution in [0.3, 0.4) is 0 Å². The Kier molecular flexibility index (Phi) is 5.99. The Hall–Kier alpha value is -1.85. The minimum absolute atomic E-state index is 0.515. The van der Waals surface area contributed by atoms with E-state index in [1.807, 2.05) is 30.3 Å². The van der Waals surface area contributed by atoms with Crippen LogP contribution in [0.2, 0.25) is 0 Å². The largest absolute Gasteiger partial charge is 0.497 e. The zero-order valence-corrected chi connectivity index (χ0v) is 16.1. The summed E-state index contributed by atoms with van der Waals surface area (Å²) in [6.07, 6.45) is 4.40. The van der Waals surface area contributed by atoms with Gasteiger partial charge < -0.3 is 19.3 Å². The number of likely N-dealkylation sites (tertiary alicyclic amines) is 1. The molecule has 1 aliphatic heterocycles. The van der Waals surface area contributed by atoms with Crippen molar-refractivity contribution < 1.29 is 14.4 Å². The van der Waals surface area contributed by atoms with E-state index in [0.29, 0.717) is 12.5 Å². The van der Waals surface area contributed by atoms with Crippen molar-refractivity contribution in [3.05, 3.63) is 36.1 Å². The molecule has 0 atom stereocenters. The molecule has 1 aromatic carbocycles. The van der Waals surface area contributed by atoms with Crippen molar-refractivity contribution in [2.45, 2.75) is 57.6 Å². The molecular formula is C21H30N2O3. The van der Waals surface area contributed by atoms with Crippen LogP contribution < -0.4 is 4.74 Å². The lowest BCUT2D eigenvalue weighted by Gasteiger charge is -2.41. The van der Waals surface area contributed by atoms with Gasteiger partial charge in [-0.25, -0.2) is 0 Å². The minimum atomic E-state index is -0.701. The van der Waals surface area contributed by atoms with Crippen molar-refractivity contribution >= 4 is 0 Å². The molecule has 5 nitrogen and oxygen atoms in total. The van der Waals surface area contributed by atoms with E-state index in [9.17, 15) is 5.11 Å². The van der Waals surface area contributed by atoms with Gasteiger partial charge in [-0.15, -0.1) is 0 Å². The molecule has 1 aliphatic rings. The molecule has 1 N–H and O–H groups in total. The Labute approximate surface area is 155 Å². The van der Waals surface area contributed by atoms with E-state index in [1.54, 1.807) is 7.11 Å². The fourth-order valence-electron chi connectivity index (χ4n) is 3.93. The zero-order valence-electron chi connectivity index (χ0n) is 16.1. The van der Waals surface area contributed by atoms with Gasteiger partial charge in [0, 0.05) is 37.2 Å². The zero-order chi connectivity index (χ0) is 18.6. The van der Waals surface area contributed by atoms with Crippen LogP contribution in [0.4, 0.5) is 0 Å². The molecule has 0 bridgehead atoms. The van der Waals surface area contributed by atoms with E-state index < -0.39 is 5.60 Å². The highest BCUT2D eigenvalue weighted by molar-refractivity contribution is 5.60. The van der Waals surface area contributed by atoms with Crippen LogP contribution in [0.5, 0.6) is 5.75 Å². The molecule has 3 rings (SSSR count). The maximum atomic E-state index is 11.0. The highest BCUT2D eigenvalue weighted by atomic mass is 16.5. The van der Waals surface area contributed by atoms with Crippen LogP contribution in [-0.4, -0.2) is 47.0 Å². The summed E-state index contributed by atoms with van der Waals surface area (Å²) in [6, 6.07) is 10.3. The van der Waals surface area contributed by atoms with Crippen LogP contribution in [0, 0.1) is 0 Å². The molecule has 1 saturated heterocycles. The van der Waals surface area contributed by atoms with Crippen molar-refractivity contribution in [2.24, 2.45) is 0 Å². The van der Waals surface area contributed by atoms with Gasteiger partial charge in [0.15, 0.2) is 0 Å². The second-order valence-corrected chi connectivity index (χ2v) is 7.32. The maximum absolute atomic E-state index is 11.0. The summed E-state index contributed by atoms with van der Waals surface area (Å²) in [5.74, 6) is 1.53. The Morgan fingerprint density at radius 1 is 1.23 bits per heavy atom. The predicted molar refractivity (Wildman–Crippen MR) is 102 cm³/mol. The van der Waals surface area contributed by atoms with Gasteiger partial charge in [-0.2, -0.15) is 0 Å². The van der Waals surface area contributed by atoms with Crippen LogP contribution >= 0.6 is 0 Å². The highest BCUT2D eigenvalue weighted by Gasteiger charge is 2.35.